The molecule has 0 fully saturated rings. The first-order valence-electron chi connectivity index (χ1n) is 27.9. The van der Waals surface area contributed by atoms with Crippen molar-refractivity contribution >= 4 is 120 Å². The molecule has 93 heavy (non-hydrogen) atoms. The summed E-state index contributed by atoms with van der Waals surface area (Å²) in [6, 6.07) is 41.4. The van der Waals surface area contributed by atoms with E-state index in [9.17, 15) is 40.4 Å². The van der Waals surface area contributed by atoms with Gasteiger partial charge in [-0.1, -0.05) is 79.9 Å². The molecule has 9 N–H and O–H groups in total. The van der Waals surface area contributed by atoms with Crippen LogP contribution in [0.4, 0.5) is 98.4 Å². The minimum atomic E-state index is -4.78. The lowest BCUT2D eigenvalue weighted by atomic mass is 10.2. The number of anilines is 14. The van der Waals surface area contributed by atoms with Crippen LogP contribution in [-0.2, 0) is 30.8 Å². The Morgan fingerprint density at radius 1 is 0.548 bits per heavy atom. The maximum absolute atomic E-state index is 14.4. The number of ether oxygens (including phenoxy) is 2. The van der Waals surface area contributed by atoms with Crippen LogP contribution in [0.1, 0.15) is 23.1 Å². The first-order chi connectivity index (χ1) is 44.5. The number of carbonyl (C=O) groups is 3. The Bertz CT molecular complexity index is 4210. The van der Waals surface area contributed by atoms with Crippen molar-refractivity contribution in [2.75, 3.05) is 61.1 Å². The number of sulfone groups is 1. The summed E-state index contributed by atoms with van der Waals surface area (Å²) in [6.07, 6.45) is 4.63. The summed E-state index contributed by atoms with van der Waals surface area (Å²) in [4.78, 5) is 59.7. The van der Waals surface area contributed by atoms with Crippen molar-refractivity contribution in [3.63, 3.8) is 0 Å². The Balaban J connectivity index is 0.000000199. The normalized spacial score (nSPS) is 10.7. The fraction of sp³-hybridized carbons (Fsp3) is 0.123. The van der Waals surface area contributed by atoms with E-state index in [2.05, 4.69) is 102 Å². The predicted octanol–water partition coefficient (Wildman–Crippen LogP) is 14.1. The second-order valence-electron chi connectivity index (χ2n) is 19.7. The third-order valence-electron chi connectivity index (χ3n) is 12.2. The van der Waals surface area contributed by atoms with E-state index in [1.807, 2.05) is 61.5 Å². The van der Waals surface area contributed by atoms with Crippen LogP contribution < -0.4 is 57.3 Å². The number of nitrogens with zero attached hydrogens (tertiary/aromatic N) is 6. The van der Waals surface area contributed by atoms with E-state index in [4.69, 9.17) is 16.3 Å². The molecule has 480 valence electrons. The van der Waals surface area contributed by atoms with Gasteiger partial charge in [-0.3, -0.25) is 14.4 Å². The Labute approximate surface area is 538 Å². The van der Waals surface area contributed by atoms with E-state index < -0.39 is 22.0 Å². The Morgan fingerprint density at radius 3 is 1.55 bits per heavy atom. The number of nitrogens with one attached hydrogen (secondary N) is 9. The molecule has 0 saturated carbocycles. The molecule has 3 aromatic heterocycles. The van der Waals surface area contributed by atoms with Gasteiger partial charge in [0.15, 0.2) is 11.6 Å². The van der Waals surface area contributed by atoms with Crippen LogP contribution >= 0.6 is 11.6 Å². The van der Waals surface area contributed by atoms with Crippen LogP contribution in [0.5, 0.6) is 11.5 Å². The summed E-state index contributed by atoms with van der Waals surface area (Å²) in [5, 5.41) is 26.7. The largest absolute Gasteiger partial charge is 0.573 e. The zero-order valence-corrected chi connectivity index (χ0v) is 51.7. The Kier molecular flexibility index (Phi) is 24.8. The minimum absolute atomic E-state index is 0.00525. The van der Waals surface area contributed by atoms with E-state index in [1.54, 1.807) is 92.1 Å². The van der Waals surface area contributed by atoms with Gasteiger partial charge >= 0.3 is 6.36 Å². The third-order valence-corrected chi connectivity index (χ3v) is 13.5. The van der Waals surface area contributed by atoms with Crippen LogP contribution in [0.2, 0.25) is 5.02 Å². The molecule has 6 aromatic carbocycles. The van der Waals surface area contributed by atoms with Gasteiger partial charge < -0.3 is 57.3 Å². The van der Waals surface area contributed by atoms with Gasteiger partial charge in [0.2, 0.25) is 35.6 Å². The summed E-state index contributed by atoms with van der Waals surface area (Å²) in [7, 11) is -3.08. The van der Waals surface area contributed by atoms with Crippen molar-refractivity contribution in [2.45, 2.75) is 33.2 Å². The number of benzene rings is 6. The summed E-state index contributed by atoms with van der Waals surface area (Å²) in [5.41, 5.74) is 7.59. The summed E-state index contributed by atoms with van der Waals surface area (Å²) in [5.74, 6) is 0.360. The molecule has 0 saturated heterocycles. The molecule has 22 nitrogen and oxygen atoms in total. The number of hydrogen-bond donors (Lipinski definition) is 9. The van der Waals surface area contributed by atoms with Gasteiger partial charge in [0.25, 0.3) is 0 Å². The number of carbonyl (C=O) groups excluding carboxylic acids is 3. The number of alkyl halides is 3. The lowest BCUT2D eigenvalue weighted by Gasteiger charge is -2.13. The molecule has 28 heteroatoms. The van der Waals surface area contributed by atoms with Crippen molar-refractivity contribution in [1.29, 1.82) is 0 Å². The molecule has 0 bridgehead atoms. The van der Waals surface area contributed by atoms with Crippen LogP contribution in [0.3, 0.4) is 0 Å². The molecule has 9 aromatic rings. The highest BCUT2D eigenvalue weighted by Gasteiger charge is 2.31. The highest BCUT2D eigenvalue weighted by Crippen LogP contribution is 2.32. The number of aromatic nitrogens is 6. The summed E-state index contributed by atoms with van der Waals surface area (Å²) < 4.78 is 83.6. The molecule has 0 aliphatic heterocycles. The number of aryl methyl sites for hydroxylation is 2. The topological polar surface area (TPSA) is 289 Å². The average molecular weight is 1310 g/mol. The highest BCUT2D eigenvalue weighted by molar-refractivity contribution is 7.90. The van der Waals surface area contributed by atoms with Gasteiger partial charge in [-0.25, -0.2) is 27.8 Å². The SMILES string of the molecule is C=CC(=O)NCc1ccc(Nc2nc(Nc3ccccc3)ncc2C)cc1.C=CC(=O)Nc1cccc(Nc2nc(Nc3ccc(Cl)c(OCCCS(C)(=O)=O)c3)ncc2F)c1.C=CC(=O)Nc1cccc(Nc2nc(Nc3cccc(OC(F)(F)F)c3)ncc2C)c1. The van der Waals surface area contributed by atoms with Crippen molar-refractivity contribution in [2.24, 2.45) is 0 Å². The lowest BCUT2D eigenvalue weighted by Crippen LogP contribution is -2.19. The second kappa shape index (κ2) is 33.4. The third kappa shape index (κ3) is 23.8. The maximum Gasteiger partial charge on any atom is 0.573 e. The zero-order valence-electron chi connectivity index (χ0n) is 50.1. The predicted molar refractivity (Wildman–Crippen MR) is 355 cm³/mol. The summed E-state index contributed by atoms with van der Waals surface area (Å²) >= 11 is 6.16. The van der Waals surface area contributed by atoms with Crippen LogP contribution in [0.25, 0.3) is 0 Å². The van der Waals surface area contributed by atoms with E-state index in [1.165, 1.54) is 30.4 Å². The molecule has 0 unspecified atom stereocenters. The van der Waals surface area contributed by atoms with Crippen LogP contribution in [0.15, 0.2) is 202 Å². The Morgan fingerprint density at radius 2 is 1.00 bits per heavy atom. The first-order valence-corrected chi connectivity index (χ1v) is 30.3. The second-order valence-corrected chi connectivity index (χ2v) is 22.3. The molecular weight excluding hydrogens is 1250 g/mol. The van der Waals surface area contributed by atoms with Crippen molar-refractivity contribution < 1.29 is 49.8 Å². The number of halogens is 5. The molecule has 0 spiro atoms. The van der Waals surface area contributed by atoms with E-state index in [0.29, 0.717) is 69.6 Å². The minimum Gasteiger partial charge on any atom is -0.492 e. The molecular formula is C65H62ClF4N15O7S. The molecule has 0 aliphatic carbocycles. The quantitative estimate of drug-likeness (QED) is 0.0146. The van der Waals surface area contributed by atoms with E-state index in [0.717, 1.165) is 52.4 Å². The van der Waals surface area contributed by atoms with Crippen LogP contribution in [-0.4, -0.2) is 81.0 Å². The highest BCUT2D eigenvalue weighted by atomic mass is 35.5. The van der Waals surface area contributed by atoms with Gasteiger partial charge in [-0.05, 0) is 129 Å². The van der Waals surface area contributed by atoms with Crippen molar-refractivity contribution in [3.8, 4) is 11.5 Å². The van der Waals surface area contributed by atoms with Gasteiger partial charge in [0.05, 0.1) is 23.6 Å². The van der Waals surface area contributed by atoms with Gasteiger partial charge in [-0.15, -0.1) is 13.2 Å². The van der Waals surface area contributed by atoms with E-state index in [-0.39, 0.29) is 53.5 Å². The van der Waals surface area contributed by atoms with Gasteiger partial charge in [0.1, 0.15) is 33.0 Å². The molecule has 3 amide bonds. The van der Waals surface area contributed by atoms with Crippen molar-refractivity contribution in [3.05, 3.63) is 230 Å². The molecule has 0 atom stereocenters. The molecule has 0 radical (unpaired) electrons. The fourth-order valence-corrected chi connectivity index (χ4v) is 8.58. The standard InChI is InChI=1S/C23H23ClFN5O4S.C21H18F3N5O2.C21H21N5O/c1-3-21(31)27-15-6-4-7-16(12-15)28-22-19(25)14-26-23(30-22)29-17-8-9-18(24)20(13-17)34-10-5-11-35(2,32)33;1-3-18(30)26-14-6-4-7-15(10-14)27-19-13(2)12-25-20(29-19)28-16-8-5-9-17(11-16)31-21(22,23)24;1-3-19(27)22-14-16-9-11-18(12-10-16)24-20-15(2)13-23-21(26-20)25-17-7-5-4-6-8-17/h3-4,6-9,12-14H,1,5,10-11H2,2H3,(H,27,31)(H2,26,28,29,30);3-12H,1H2,2H3,(H,26,30)(H2,25,27,28,29);3-13H,1,14H2,2H3,(H,22,27)(H2,23,24,25,26). The number of amides is 3. The van der Waals surface area contributed by atoms with Crippen LogP contribution in [0, 0.1) is 19.7 Å². The Hall–Kier alpha value is -11.5. The first kappa shape index (κ1) is 69.0. The smallest absolute Gasteiger partial charge is 0.492 e. The summed E-state index contributed by atoms with van der Waals surface area (Å²) in [6.45, 7) is 14.6. The molecule has 0 aliphatic rings. The number of hydrogen-bond acceptors (Lipinski definition) is 19. The fourth-order valence-electron chi connectivity index (χ4n) is 7.76. The number of para-hydroxylation sites is 1. The van der Waals surface area contributed by atoms with Gasteiger partial charge in [0, 0.05) is 94.0 Å². The zero-order chi connectivity index (χ0) is 66.9. The molecule has 9 rings (SSSR count). The monoisotopic (exact) mass is 1310 g/mol. The van der Waals surface area contributed by atoms with Crippen molar-refractivity contribution in [1.82, 2.24) is 35.2 Å². The van der Waals surface area contributed by atoms with Gasteiger partial charge in [-0.2, -0.15) is 15.0 Å². The maximum atomic E-state index is 14.4. The average Bonchev–Trinajstić information content (AvgIpc) is 1.36. The van der Waals surface area contributed by atoms with E-state index >= 15 is 0 Å². The number of rotatable bonds is 25. The molecule has 3 heterocycles. The lowest BCUT2D eigenvalue weighted by molar-refractivity contribution is -0.274.